The van der Waals surface area contributed by atoms with Crippen molar-refractivity contribution in [3.63, 3.8) is 0 Å². The van der Waals surface area contributed by atoms with E-state index < -0.39 is 0 Å². The van der Waals surface area contributed by atoms with Gasteiger partial charge in [0.2, 0.25) is 0 Å². The summed E-state index contributed by atoms with van der Waals surface area (Å²) in [4.78, 5) is 5.54. The number of hydrogen-bond acceptors (Lipinski definition) is 2. The molecule has 0 saturated heterocycles. The van der Waals surface area contributed by atoms with E-state index in [1.807, 2.05) is 0 Å². The highest BCUT2D eigenvalue weighted by atomic mass is 35.5. The third-order valence-corrected chi connectivity index (χ3v) is 3.09. The molecule has 108 valence electrons. The Labute approximate surface area is 127 Å². The number of H-pyrrole nitrogens is 1. The summed E-state index contributed by atoms with van der Waals surface area (Å²) in [6.07, 6.45) is 4.16. The van der Waals surface area contributed by atoms with Crippen LogP contribution in [0.1, 0.15) is 11.1 Å². The fourth-order valence-corrected chi connectivity index (χ4v) is 2.10. The molecule has 0 amide bonds. The van der Waals surface area contributed by atoms with Gasteiger partial charge >= 0.3 is 0 Å². The van der Waals surface area contributed by atoms with E-state index in [-0.39, 0.29) is 24.8 Å². The number of benzene rings is 1. The van der Waals surface area contributed by atoms with Gasteiger partial charge in [0, 0.05) is 23.6 Å². The smallest absolute Gasteiger partial charge is 0.0456 e. The zero-order valence-electron chi connectivity index (χ0n) is 11.5. The molecule has 0 aliphatic carbocycles. The molecule has 1 heterocycles. The predicted molar refractivity (Wildman–Crippen MR) is 87.8 cm³/mol. The summed E-state index contributed by atoms with van der Waals surface area (Å²) in [7, 11) is 4.21. The Morgan fingerprint density at radius 2 is 1.89 bits per heavy atom. The van der Waals surface area contributed by atoms with Gasteiger partial charge in [-0.05, 0) is 56.7 Å². The SMILES string of the molecule is CN(C)CCc1c[nH]c2ccc(CCN)cc12.Cl.Cl. The second-order valence-corrected chi connectivity index (χ2v) is 4.79. The summed E-state index contributed by atoms with van der Waals surface area (Å²) in [5.41, 5.74) is 9.54. The molecule has 2 rings (SSSR count). The van der Waals surface area contributed by atoms with Crippen LogP contribution < -0.4 is 5.73 Å². The first kappa shape index (κ1) is 18.3. The lowest BCUT2D eigenvalue weighted by Gasteiger charge is -2.08. The van der Waals surface area contributed by atoms with Crippen molar-refractivity contribution in [3.05, 3.63) is 35.5 Å². The molecular formula is C14H23Cl2N3. The maximum atomic E-state index is 5.60. The van der Waals surface area contributed by atoms with Gasteiger partial charge in [0.15, 0.2) is 0 Å². The third kappa shape index (κ3) is 4.69. The zero-order chi connectivity index (χ0) is 12.3. The molecule has 3 N–H and O–H groups in total. The number of hydrogen-bond donors (Lipinski definition) is 2. The van der Waals surface area contributed by atoms with E-state index in [2.05, 4.69) is 48.4 Å². The highest BCUT2D eigenvalue weighted by Crippen LogP contribution is 2.20. The summed E-state index contributed by atoms with van der Waals surface area (Å²) >= 11 is 0. The van der Waals surface area contributed by atoms with Crippen molar-refractivity contribution in [2.24, 2.45) is 5.73 Å². The fraction of sp³-hybridized carbons (Fsp3) is 0.429. The minimum atomic E-state index is 0. The van der Waals surface area contributed by atoms with Crippen molar-refractivity contribution in [2.45, 2.75) is 12.8 Å². The summed E-state index contributed by atoms with van der Waals surface area (Å²) in [6.45, 7) is 1.79. The van der Waals surface area contributed by atoms with Crippen molar-refractivity contribution in [1.29, 1.82) is 0 Å². The molecule has 0 aliphatic rings. The van der Waals surface area contributed by atoms with Crippen LogP contribution in [0.25, 0.3) is 10.9 Å². The molecule has 0 atom stereocenters. The quantitative estimate of drug-likeness (QED) is 0.892. The van der Waals surface area contributed by atoms with Crippen LogP contribution in [-0.4, -0.2) is 37.1 Å². The Balaban J connectivity index is 0.00000162. The van der Waals surface area contributed by atoms with Gasteiger partial charge in [-0.25, -0.2) is 0 Å². The number of halogens is 2. The predicted octanol–water partition coefficient (Wildman–Crippen LogP) is 2.62. The fourth-order valence-electron chi connectivity index (χ4n) is 2.10. The normalized spacial score (nSPS) is 10.3. The van der Waals surface area contributed by atoms with Crippen LogP contribution in [0.5, 0.6) is 0 Å². The Morgan fingerprint density at radius 1 is 1.16 bits per heavy atom. The number of nitrogens with two attached hydrogens (primary N) is 1. The Kier molecular flexibility index (Phi) is 8.11. The molecule has 1 aromatic heterocycles. The first-order valence-electron chi connectivity index (χ1n) is 6.14. The lowest BCUT2D eigenvalue weighted by Crippen LogP contribution is -2.14. The first-order chi connectivity index (χ1) is 8.20. The average molecular weight is 304 g/mol. The van der Waals surface area contributed by atoms with Gasteiger partial charge in [-0.3, -0.25) is 0 Å². The van der Waals surface area contributed by atoms with E-state index in [9.17, 15) is 0 Å². The minimum Gasteiger partial charge on any atom is -0.361 e. The number of aromatic nitrogens is 1. The molecule has 0 radical (unpaired) electrons. The van der Waals surface area contributed by atoms with Crippen LogP contribution in [0.2, 0.25) is 0 Å². The van der Waals surface area contributed by atoms with E-state index in [0.717, 1.165) is 19.4 Å². The largest absolute Gasteiger partial charge is 0.361 e. The van der Waals surface area contributed by atoms with Crippen molar-refractivity contribution in [2.75, 3.05) is 27.2 Å². The van der Waals surface area contributed by atoms with Gasteiger partial charge in [0.05, 0.1) is 0 Å². The highest BCUT2D eigenvalue weighted by Gasteiger charge is 2.05. The number of nitrogens with zero attached hydrogens (tertiary/aromatic N) is 1. The minimum absolute atomic E-state index is 0. The van der Waals surface area contributed by atoms with E-state index in [4.69, 9.17) is 5.73 Å². The van der Waals surface area contributed by atoms with Crippen LogP contribution in [0, 0.1) is 0 Å². The lowest BCUT2D eigenvalue weighted by molar-refractivity contribution is 0.414. The average Bonchev–Trinajstić information content (AvgIpc) is 2.69. The second kappa shape index (κ2) is 8.43. The molecule has 3 nitrogen and oxygen atoms in total. The van der Waals surface area contributed by atoms with Crippen LogP contribution in [-0.2, 0) is 12.8 Å². The molecule has 0 spiro atoms. The van der Waals surface area contributed by atoms with Gasteiger partial charge in [0.25, 0.3) is 0 Å². The van der Waals surface area contributed by atoms with E-state index in [0.29, 0.717) is 6.54 Å². The zero-order valence-corrected chi connectivity index (χ0v) is 13.1. The number of nitrogens with one attached hydrogen (secondary N) is 1. The molecule has 0 saturated carbocycles. The summed E-state index contributed by atoms with van der Waals surface area (Å²) in [5.74, 6) is 0. The summed E-state index contributed by atoms with van der Waals surface area (Å²) in [5, 5.41) is 1.35. The first-order valence-corrected chi connectivity index (χ1v) is 6.14. The Morgan fingerprint density at radius 3 is 2.53 bits per heavy atom. The monoisotopic (exact) mass is 303 g/mol. The molecule has 1 aromatic carbocycles. The summed E-state index contributed by atoms with van der Waals surface area (Å²) < 4.78 is 0. The molecule has 0 fully saturated rings. The molecule has 19 heavy (non-hydrogen) atoms. The molecule has 0 aliphatic heterocycles. The van der Waals surface area contributed by atoms with E-state index in [1.54, 1.807) is 0 Å². The maximum absolute atomic E-state index is 5.60. The van der Waals surface area contributed by atoms with Crippen molar-refractivity contribution in [3.8, 4) is 0 Å². The maximum Gasteiger partial charge on any atom is 0.0456 e. The molecule has 2 aromatic rings. The molecule has 0 bridgehead atoms. The molecular weight excluding hydrogens is 281 g/mol. The van der Waals surface area contributed by atoms with Crippen molar-refractivity contribution < 1.29 is 0 Å². The second-order valence-electron chi connectivity index (χ2n) is 4.79. The summed E-state index contributed by atoms with van der Waals surface area (Å²) in [6, 6.07) is 6.57. The van der Waals surface area contributed by atoms with Crippen LogP contribution in [0.4, 0.5) is 0 Å². The highest BCUT2D eigenvalue weighted by molar-refractivity contribution is 5.85. The lowest BCUT2D eigenvalue weighted by atomic mass is 10.1. The van der Waals surface area contributed by atoms with Crippen molar-refractivity contribution >= 4 is 35.7 Å². The molecule has 0 unspecified atom stereocenters. The van der Waals surface area contributed by atoms with Crippen LogP contribution in [0.15, 0.2) is 24.4 Å². The van der Waals surface area contributed by atoms with E-state index in [1.165, 1.54) is 22.0 Å². The third-order valence-electron chi connectivity index (χ3n) is 3.09. The topological polar surface area (TPSA) is 45.0 Å². The van der Waals surface area contributed by atoms with Gasteiger partial charge < -0.3 is 15.6 Å². The van der Waals surface area contributed by atoms with Crippen LogP contribution >= 0.6 is 24.8 Å². The van der Waals surface area contributed by atoms with Gasteiger partial charge in [-0.1, -0.05) is 6.07 Å². The van der Waals surface area contributed by atoms with Gasteiger partial charge in [-0.15, -0.1) is 24.8 Å². The van der Waals surface area contributed by atoms with Gasteiger partial charge in [-0.2, -0.15) is 0 Å². The van der Waals surface area contributed by atoms with Crippen LogP contribution in [0.3, 0.4) is 0 Å². The number of likely N-dealkylation sites (N-methyl/N-ethyl adjacent to an activating group) is 1. The Hall–Kier alpha value is -0.740. The standard InChI is InChI=1S/C14H21N3.2ClH/c1-17(2)8-6-12-10-16-14-4-3-11(5-7-15)9-13(12)14;;/h3-4,9-10,16H,5-8,15H2,1-2H3;2*1H. The number of aromatic amines is 1. The molecule has 5 heteroatoms. The van der Waals surface area contributed by atoms with E-state index >= 15 is 0 Å². The Bertz CT molecular complexity index is 494. The van der Waals surface area contributed by atoms with Gasteiger partial charge in [0.1, 0.15) is 0 Å². The number of fused-ring (bicyclic) bond motifs is 1. The van der Waals surface area contributed by atoms with Crippen molar-refractivity contribution in [1.82, 2.24) is 9.88 Å². The number of rotatable bonds is 5.